The van der Waals surface area contributed by atoms with Crippen molar-refractivity contribution in [2.45, 2.75) is 20.0 Å². The average Bonchev–Trinajstić information content (AvgIpc) is 2.71. The van der Waals surface area contributed by atoms with Gasteiger partial charge in [0.05, 0.1) is 17.2 Å². The first-order chi connectivity index (χ1) is 14.0. The van der Waals surface area contributed by atoms with Crippen LogP contribution in [-0.2, 0) is 9.53 Å². The molecule has 0 aromatic heterocycles. The summed E-state index contributed by atoms with van der Waals surface area (Å²) in [4.78, 5) is 25.6. The van der Waals surface area contributed by atoms with Crippen LogP contribution in [0.4, 0.5) is 5.69 Å². The monoisotopic (exact) mass is 384 g/mol. The van der Waals surface area contributed by atoms with Crippen LogP contribution in [0.2, 0.25) is 0 Å². The minimum absolute atomic E-state index is 0.268. The summed E-state index contributed by atoms with van der Waals surface area (Å²) in [7, 11) is 0. The van der Waals surface area contributed by atoms with Gasteiger partial charge in [0.1, 0.15) is 0 Å². The van der Waals surface area contributed by atoms with Gasteiger partial charge >= 0.3 is 5.97 Å². The molecule has 0 aliphatic carbocycles. The molecule has 3 aromatic rings. The van der Waals surface area contributed by atoms with Gasteiger partial charge in [-0.3, -0.25) is 4.79 Å². The number of nitrogens with one attached hydrogen (secondary N) is 1. The van der Waals surface area contributed by atoms with Crippen LogP contribution in [0.1, 0.15) is 38.7 Å². The first kappa shape index (κ1) is 19.8. The molecule has 1 amide bonds. The minimum Gasteiger partial charge on any atom is -0.444 e. The van der Waals surface area contributed by atoms with Gasteiger partial charge in [0.15, 0.2) is 0 Å². The van der Waals surface area contributed by atoms with Gasteiger partial charge < -0.3 is 10.1 Å². The van der Waals surface area contributed by atoms with Crippen LogP contribution in [0.3, 0.4) is 0 Å². The third kappa shape index (κ3) is 5.08. The highest BCUT2D eigenvalue weighted by Gasteiger charge is 2.26. The molecule has 1 N–H and O–H groups in total. The van der Waals surface area contributed by atoms with Crippen LogP contribution < -0.4 is 5.32 Å². The fourth-order valence-corrected chi connectivity index (χ4v) is 3.01. The largest absolute Gasteiger partial charge is 0.444 e. The van der Waals surface area contributed by atoms with Crippen molar-refractivity contribution in [1.82, 2.24) is 0 Å². The summed E-state index contributed by atoms with van der Waals surface area (Å²) < 4.78 is 5.56. The van der Waals surface area contributed by atoms with E-state index in [2.05, 4.69) is 5.32 Å². The van der Waals surface area contributed by atoms with E-state index in [9.17, 15) is 9.59 Å². The van der Waals surface area contributed by atoms with Gasteiger partial charge in [-0.15, -0.1) is 0 Å². The zero-order chi connectivity index (χ0) is 20.8. The number of nitrogens with zero attached hydrogens (tertiary/aromatic N) is 1. The van der Waals surface area contributed by atoms with Crippen molar-refractivity contribution < 1.29 is 14.3 Å². The zero-order valence-corrected chi connectivity index (χ0v) is 16.2. The number of amides is 1. The lowest BCUT2D eigenvalue weighted by Gasteiger charge is -2.18. The lowest BCUT2D eigenvalue weighted by Crippen LogP contribution is -2.26. The first-order valence-corrected chi connectivity index (χ1v) is 9.11. The van der Waals surface area contributed by atoms with Crippen LogP contribution in [-0.4, -0.2) is 11.9 Å². The molecule has 0 spiro atoms. The molecule has 29 heavy (non-hydrogen) atoms. The van der Waals surface area contributed by atoms with E-state index in [1.807, 2.05) is 44.2 Å². The molecule has 0 saturated carbocycles. The highest BCUT2D eigenvalue weighted by Crippen LogP contribution is 2.23. The van der Waals surface area contributed by atoms with E-state index in [-0.39, 0.29) is 5.56 Å². The number of carbonyl (C=O) groups is 2. The molecular weight excluding hydrogens is 364 g/mol. The Morgan fingerprint density at radius 1 is 0.931 bits per heavy atom. The molecule has 0 fully saturated rings. The molecule has 5 nitrogen and oxygen atoms in total. The highest BCUT2D eigenvalue weighted by atomic mass is 16.5. The maximum atomic E-state index is 13.0. The number of ether oxygens (including phenoxy) is 1. The van der Waals surface area contributed by atoms with E-state index in [4.69, 9.17) is 10.00 Å². The molecule has 144 valence electrons. The number of benzene rings is 3. The van der Waals surface area contributed by atoms with E-state index in [1.165, 1.54) is 24.3 Å². The fraction of sp³-hybridized carbons (Fsp3) is 0.125. The molecular formula is C24H20N2O3. The lowest BCUT2D eigenvalue weighted by molar-refractivity contribution is -0.125. The second-order valence-electron chi connectivity index (χ2n) is 6.75. The Bertz CT molecular complexity index is 1050. The van der Waals surface area contributed by atoms with E-state index in [0.29, 0.717) is 16.8 Å². The molecule has 3 aromatic carbocycles. The van der Waals surface area contributed by atoms with Gasteiger partial charge in [0.25, 0.3) is 5.91 Å². The van der Waals surface area contributed by atoms with Crippen molar-refractivity contribution in [1.29, 1.82) is 5.26 Å². The van der Waals surface area contributed by atoms with Gasteiger partial charge in [0, 0.05) is 11.3 Å². The molecule has 0 unspecified atom stereocenters. The summed E-state index contributed by atoms with van der Waals surface area (Å²) in [6.45, 7) is 3.89. The van der Waals surface area contributed by atoms with Gasteiger partial charge in [-0.2, -0.15) is 5.26 Å². The number of anilines is 1. The number of hydrogen-bond acceptors (Lipinski definition) is 4. The van der Waals surface area contributed by atoms with Gasteiger partial charge in [-0.1, -0.05) is 36.4 Å². The van der Waals surface area contributed by atoms with E-state index in [0.717, 1.165) is 11.1 Å². The Hall–Kier alpha value is -3.91. The van der Waals surface area contributed by atoms with Crippen LogP contribution in [0.5, 0.6) is 0 Å². The molecule has 5 heteroatoms. The Balaban J connectivity index is 1.85. The average molecular weight is 384 g/mol. The molecule has 1 atom stereocenters. The fourth-order valence-electron chi connectivity index (χ4n) is 3.01. The van der Waals surface area contributed by atoms with Gasteiger partial charge in [-0.25, -0.2) is 4.79 Å². The third-order valence-corrected chi connectivity index (χ3v) is 4.30. The quantitative estimate of drug-likeness (QED) is 0.646. The topological polar surface area (TPSA) is 79.2 Å². The predicted molar refractivity (Wildman–Crippen MR) is 110 cm³/mol. The van der Waals surface area contributed by atoms with E-state index < -0.39 is 18.0 Å². The maximum Gasteiger partial charge on any atom is 0.339 e. The van der Waals surface area contributed by atoms with E-state index >= 15 is 0 Å². The highest BCUT2D eigenvalue weighted by molar-refractivity contribution is 5.98. The predicted octanol–water partition coefficient (Wildman–Crippen LogP) is 4.71. The van der Waals surface area contributed by atoms with Crippen LogP contribution in [0.25, 0.3) is 0 Å². The molecule has 0 radical (unpaired) electrons. The SMILES string of the molecule is Cc1cc(C)cc(NC(=O)[C@H](OC(=O)c2ccc(C#N)cc2)c2ccccc2)c1. The molecule has 0 aliphatic rings. The van der Waals surface area contributed by atoms with Crippen LogP contribution in [0, 0.1) is 25.2 Å². The summed E-state index contributed by atoms with van der Waals surface area (Å²) >= 11 is 0. The summed E-state index contributed by atoms with van der Waals surface area (Å²) in [5, 5.41) is 11.7. The van der Waals surface area contributed by atoms with Gasteiger partial charge in [0.2, 0.25) is 6.10 Å². The second kappa shape index (κ2) is 8.85. The molecule has 0 heterocycles. The van der Waals surface area contributed by atoms with Crippen molar-refractivity contribution in [3.63, 3.8) is 0 Å². The molecule has 0 saturated heterocycles. The number of nitriles is 1. The lowest BCUT2D eigenvalue weighted by atomic mass is 10.1. The van der Waals surface area contributed by atoms with Crippen molar-refractivity contribution in [3.05, 3.63) is 101 Å². The Labute approximate surface area is 169 Å². The number of rotatable bonds is 5. The van der Waals surface area contributed by atoms with Crippen molar-refractivity contribution in [2.24, 2.45) is 0 Å². The van der Waals surface area contributed by atoms with E-state index in [1.54, 1.807) is 24.3 Å². The molecule has 0 aliphatic heterocycles. The normalized spacial score (nSPS) is 11.2. The first-order valence-electron chi connectivity index (χ1n) is 9.11. The van der Waals surface area contributed by atoms with Crippen LogP contribution >= 0.6 is 0 Å². The number of carbonyl (C=O) groups excluding carboxylic acids is 2. The number of aryl methyl sites for hydroxylation is 2. The summed E-state index contributed by atoms with van der Waals surface area (Å²) in [5.74, 6) is -1.08. The van der Waals surface area contributed by atoms with Crippen LogP contribution in [0.15, 0.2) is 72.8 Å². The molecule has 3 rings (SSSR count). The van der Waals surface area contributed by atoms with Crippen molar-refractivity contribution in [2.75, 3.05) is 5.32 Å². The van der Waals surface area contributed by atoms with Gasteiger partial charge in [-0.05, 0) is 61.4 Å². The zero-order valence-electron chi connectivity index (χ0n) is 16.2. The Kier molecular flexibility index (Phi) is 6.06. The Morgan fingerprint density at radius 3 is 2.14 bits per heavy atom. The standard InChI is InChI=1S/C24H20N2O3/c1-16-12-17(2)14-21(13-16)26-23(27)22(19-6-4-3-5-7-19)29-24(28)20-10-8-18(15-25)9-11-20/h3-14,22H,1-2H3,(H,26,27)/t22-/m1/s1. The van der Waals surface area contributed by atoms with Crippen molar-refractivity contribution >= 4 is 17.6 Å². The smallest absolute Gasteiger partial charge is 0.339 e. The summed E-state index contributed by atoms with van der Waals surface area (Å²) in [6.07, 6.45) is -1.11. The van der Waals surface area contributed by atoms with Crippen molar-refractivity contribution in [3.8, 4) is 6.07 Å². The number of hydrogen-bond donors (Lipinski definition) is 1. The number of esters is 1. The molecule has 0 bridgehead atoms. The Morgan fingerprint density at radius 2 is 1.55 bits per heavy atom. The summed E-state index contributed by atoms with van der Waals surface area (Å²) in [6, 6.07) is 22.6. The maximum absolute atomic E-state index is 13.0. The third-order valence-electron chi connectivity index (χ3n) is 4.30. The second-order valence-corrected chi connectivity index (χ2v) is 6.75. The minimum atomic E-state index is -1.11. The summed E-state index contributed by atoms with van der Waals surface area (Å²) in [5.41, 5.74) is 3.95.